The Hall–Kier alpha value is -2.86. The fraction of sp³-hybridized carbons (Fsp3) is 0.304. The van der Waals surface area contributed by atoms with Gasteiger partial charge in [0.1, 0.15) is 23.1 Å². The van der Waals surface area contributed by atoms with E-state index in [9.17, 15) is 4.79 Å². The van der Waals surface area contributed by atoms with Gasteiger partial charge in [-0.05, 0) is 50.1 Å². The molecule has 0 unspecified atom stereocenters. The fourth-order valence-electron chi connectivity index (χ4n) is 3.12. The summed E-state index contributed by atoms with van der Waals surface area (Å²) in [6.45, 7) is 3.00. The fourth-order valence-corrected chi connectivity index (χ4v) is 3.81. The lowest BCUT2D eigenvalue weighted by Gasteiger charge is -2.21. The van der Waals surface area contributed by atoms with Gasteiger partial charge in [0, 0.05) is 17.0 Å². The summed E-state index contributed by atoms with van der Waals surface area (Å²) in [6, 6.07) is 15.6. The average molecular weight is 409 g/mol. The van der Waals surface area contributed by atoms with Gasteiger partial charge >= 0.3 is 0 Å². The Morgan fingerprint density at radius 2 is 1.97 bits per heavy atom. The number of amides is 1. The largest absolute Gasteiger partial charge is 0.497 e. The maximum absolute atomic E-state index is 13.1. The average Bonchev–Trinajstić information content (AvgIpc) is 3.50. The molecule has 29 heavy (non-hydrogen) atoms. The predicted octanol–water partition coefficient (Wildman–Crippen LogP) is 4.84. The predicted molar refractivity (Wildman–Crippen MR) is 114 cm³/mol. The first-order chi connectivity index (χ1) is 14.1. The maximum Gasteiger partial charge on any atom is 0.254 e. The van der Waals surface area contributed by atoms with Crippen molar-refractivity contribution in [3.63, 3.8) is 0 Å². The Balaban J connectivity index is 1.41. The molecule has 6 heteroatoms. The summed E-state index contributed by atoms with van der Waals surface area (Å²) in [5.41, 5.74) is 2.75. The van der Waals surface area contributed by atoms with Crippen LogP contribution in [0.1, 0.15) is 39.5 Å². The Morgan fingerprint density at radius 3 is 2.69 bits per heavy atom. The number of methoxy groups -OCH3 is 1. The van der Waals surface area contributed by atoms with Gasteiger partial charge in [-0.1, -0.05) is 23.8 Å². The van der Waals surface area contributed by atoms with Crippen molar-refractivity contribution in [2.45, 2.75) is 39.0 Å². The Morgan fingerprint density at radius 1 is 1.17 bits per heavy atom. The molecule has 4 rings (SSSR count). The number of aromatic nitrogens is 1. The molecule has 1 amide bonds. The van der Waals surface area contributed by atoms with Crippen LogP contribution in [0.15, 0.2) is 53.9 Å². The van der Waals surface area contributed by atoms with Crippen LogP contribution in [-0.2, 0) is 13.2 Å². The molecule has 1 aliphatic rings. The lowest BCUT2D eigenvalue weighted by molar-refractivity contribution is 0.0727. The SMILES string of the molecule is COc1cccc(C(=O)N(Cc2csc(COc3ccc(C)cc3)n2)C2CC2)c1. The van der Waals surface area contributed by atoms with Gasteiger partial charge in [0.15, 0.2) is 0 Å². The van der Waals surface area contributed by atoms with Crippen LogP contribution in [0.4, 0.5) is 0 Å². The minimum absolute atomic E-state index is 0.0249. The first kappa shape index (κ1) is 19.5. The van der Waals surface area contributed by atoms with Gasteiger partial charge in [-0.3, -0.25) is 4.79 Å². The molecule has 1 heterocycles. The summed E-state index contributed by atoms with van der Waals surface area (Å²) in [4.78, 5) is 19.7. The van der Waals surface area contributed by atoms with Crippen molar-refractivity contribution < 1.29 is 14.3 Å². The molecule has 150 valence electrons. The van der Waals surface area contributed by atoms with E-state index in [1.165, 1.54) is 5.56 Å². The summed E-state index contributed by atoms with van der Waals surface area (Å²) in [5, 5.41) is 2.92. The van der Waals surface area contributed by atoms with E-state index >= 15 is 0 Å². The molecule has 0 saturated heterocycles. The zero-order valence-corrected chi connectivity index (χ0v) is 17.4. The monoisotopic (exact) mass is 408 g/mol. The highest BCUT2D eigenvalue weighted by molar-refractivity contribution is 7.09. The zero-order valence-electron chi connectivity index (χ0n) is 16.6. The second-order valence-corrected chi connectivity index (χ2v) is 8.17. The Kier molecular flexibility index (Phi) is 5.81. The third kappa shape index (κ3) is 4.95. The van der Waals surface area contributed by atoms with Crippen LogP contribution < -0.4 is 9.47 Å². The van der Waals surface area contributed by atoms with E-state index in [1.807, 2.05) is 52.7 Å². The molecule has 0 N–H and O–H groups in total. The molecule has 1 saturated carbocycles. The van der Waals surface area contributed by atoms with Gasteiger partial charge in [0.05, 0.1) is 19.3 Å². The summed E-state index contributed by atoms with van der Waals surface area (Å²) in [6.07, 6.45) is 2.09. The Bertz CT molecular complexity index is 980. The van der Waals surface area contributed by atoms with Crippen molar-refractivity contribution in [2.75, 3.05) is 7.11 Å². The number of benzene rings is 2. The number of hydrogen-bond donors (Lipinski definition) is 0. The van der Waals surface area contributed by atoms with Gasteiger partial charge in [0.2, 0.25) is 0 Å². The highest BCUT2D eigenvalue weighted by Crippen LogP contribution is 2.30. The van der Waals surface area contributed by atoms with E-state index < -0.39 is 0 Å². The molecule has 0 spiro atoms. The molecular weight excluding hydrogens is 384 g/mol. The zero-order chi connectivity index (χ0) is 20.2. The number of carbonyl (C=O) groups is 1. The molecular formula is C23H24N2O3S. The van der Waals surface area contributed by atoms with Gasteiger partial charge in [-0.25, -0.2) is 4.98 Å². The van der Waals surface area contributed by atoms with E-state index in [0.717, 1.165) is 29.3 Å². The van der Waals surface area contributed by atoms with Gasteiger partial charge in [-0.2, -0.15) is 0 Å². The molecule has 3 aromatic rings. The molecule has 0 radical (unpaired) electrons. The van der Waals surface area contributed by atoms with Gasteiger partial charge < -0.3 is 14.4 Å². The summed E-state index contributed by atoms with van der Waals surface area (Å²) >= 11 is 1.57. The number of nitrogens with zero attached hydrogens (tertiary/aromatic N) is 2. The highest BCUT2D eigenvalue weighted by Gasteiger charge is 2.33. The highest BCUT2D eigenvalue weighted by atomic mass is 32.1. The Labute approximate surface area is 174 Å². The molecule has 1 fully saturated rings. The molecule has 0 bridgehead atoms. The van der Waals surface area contributed by atoms with Crippen LogP contribution in [0.3, 0.4) is 0 Å². The van der Waals surface area contributed by atoms with Crippen molar-refractivity contribution >= 4 is 17.2 Å². The second kappa shape index (κ2) is 8.66. The number of rotatable bonds is 8. The van der Waals surface area contributed by atoms with Crippen molar-refractivity contribution in [3.05, 3.63) is 75.7 Å². The van der Waals surface area contributed by atoms with Crippen LogP contribution in [0.25, 0.3) is 0 Å². The van der Waals surface area contributed by atoms with E-state index in [0.29, 0.717) is 30.5 Å². The van der Waals surface area contributed by atoms with Crippen molar-refractivity contribution in [1.82, 2.24) is 9.88 Å². The maximum atomic E-state index is 13.1. The lowest BCUT2D eigenvalue weighted by Crippen LogP contribution is -2.32. The van der Waals surface area contributed by atoms with Crippen LogP contribution in [0.2, 0.25) is 0 Å². The first-order valence-corrected chi connectivity index (χ1v) is 10.6. The summed E-state index contributed by atoms with van der Waals surface area (Å²) in [7, 11) is 1.61. The lowest BCUT2D eigenvalue weighted by atomic mass is 10.2. The molecule has 2 aromatic carbocycles. The van der Waals surface area contributed by atoms with Crippen molar-refractivity contribution in [3.8, 4) is 11.5 Å². The van der Waals surface area contributed by atoms with Gasteiger partial charge in [0.25, 0.3) is 5.91 Å². The van der Waals surface area contributed by atoms with Crippen molar-refractivity contribution in [1.29, 1.82) is 0 Å². The molecule has 0 aliphatic heterocycles. The normalized spacial score (nSPS) is 13.2. The van der Waals surface area contributed by atoms with E-state index in [1.54, 1.807) is 24.5 Å². The standard InChI is InChI=1S/C23H24N2O3S/c1-16-6-10-20(11-7-16)28-14-22-24-18(15-29-22)13-25(19-8-9-19)23(26)17-4-3-5-21(12-17)27-2/h3-7,10-12,15,19H,8-9,13-14H2,1-2H3. The topological polar surface area (TPSA) is 51.7 Å². The number of aryl methyl sites for hydroxylation is 1. The third-order valence-electron chi connectivity index (χ3n) is 4.88. The number of thiazole rings is 1. The van der Waals surface area contributed by atoms with Crippen LogP contribution >= 0.6 is 11.3 Å². The van der Waals surface area contributed by atoms with E-state index in [4.69, 9.17) is 9.47 Å². The summed E-state index contributed by atoms with van der Waals surface area (Å²) in [5.74, 6) is 1.55. The molecule has 0 atom stereocenters. The smallest absolute Gasteiger partial charge is 0.254 e. The van der Waals surface area contributed by atoms with E-state index in [-0.39, 0.29) is 5.91 Å². The van der Waals surface area contributed by atoms with Crippen LogP contribution in [0.5, 0.6) is 11.5 Å². The number of hydrogen-bond acceptors (Lipinski definition) is 5. The minimum Gasteiger partial charge on any atom is -0.497 e. The number of carbonyl (C=O) groups excluding carboxylic acids is 1. The van der Waals surface area contributed by atoms with Gasteiger partial charge in [-0.15, -0.1) is 11.3 Å². The van der Waals surface area contributed by atoms with Crippen LogP contribution in [0, 0.1) is 6.92 Å². The second-order valence-electron chi connectivity index (χ2n) is 7.23. The molecule has 1 aliphatic carbocycles. The summed E-state index contributed by atoms with van der Waals surface area (Å²) < 4.78 is 11.1. The minimum atomic E-state index is 0.0249. The quantitative estimate of drug-likeness (QED) is 0.535. The van der Waals surface area contributed by atoms with Crippen LogP contribution in [-0.4, -0.2) is 28.9 Å². The van der Waals surface area contributed by atoms with Crippen molar-refractivity contribution in [2.24, 2.45) is 0 Å². The third-order valence-corrected chi connectivity index (χ3v) is 5.75. The number of ether oxygens (including phenoxy) is 2. The molecule has 1 aromatic heterocycles. The van der Waals surface area contributed by atoms with E-state index in [2.05, 4.69) is 11.9 Å². The first-order valence-electron chi connectivity index (χ1n) is 9.70. The molecule has 5 nitrogen and oxygen atoms in total.